The molecule has 0 bridgehead atoms. The zero-order valence-corrected chi connectivity index (χ0v) is 18.9. The first-order valence-corrected chi connectivity index (χ1v) is 11.6. The van der Waals surface area contributed by atoms with E-state index in [1.54, 1.807) is 13.3 Å². The summed E-state index contributed by atoms with van der Waals surface area (Å²) in [6.07, 6.45) is 10.7. The van der Waals surface area contributed by atoms with Crippen LogP contribution in [-0.4, -0.2) is 38.2 Å². The minimum atomic E-state index is 0.438. The molecule has 8 nitrogen and oxygen atoms in total. The summed E-state index contributed by atoms with van der Waals surface area (Å²) in [6.45, 7) is 0.734. The van der Waals surface area contributed by atoms with E-state index in [-0.39, 0.29) is 0 Å². The van der Waals surface area contributed by atoms with Gasteiger partial charge < -0.3 is 19.9 Å². The molecule has 8 heteroatoms. The van der Waals surface area contributed by atoms with Crippen molar-refractivity contribution >= 4 is 28.7 Å². The van der Waals surface area contributed by atoms with Crippen LogP contribution in [0.4, 0.5) is 17.6 Å². The van der Waals surface area contributed by atoms with E-state index < -0.39 is 0 Å². The Labute approximate surface area is 193 Å². The Kier molecular flexibility index (Phi) is 6.32. The van der Waals surface area contributed by atoms with Crippen molar-refractivity contribution in [3.63, 3.8) is 0 Å². The molecule has 2 N–H and O–H groups in total. The van der Waals surface area contributed by atoms with Gasteiger partial charge in [-0.1, -0.05) is 37.5 Å². The second-order valence-corrected chi connectivity index (χ2v) is 8.38. The van der Waals surface area contributed by atoms with Crippen LogP contribution in [0.15, 0.2) is 55.0 Å². The molecule has 3 heterocycles. The van der Waals surface area contributed by atoms with Crippen LogP contribution in [-0.2, 0) is 6.42 Å². The maximum absolute atomic E-state index is 5.25. The molecule has 0 aliphatic heterocycles. The van der Waals surface area contributed by atoms with E-state index in [1.807, 2.05) is 36.7 Å². The number of rotatable bonds is 8. The Bertz CT molecular complexity index is 1180. The summed E-state index contributed by atoms with van der Waals surface area (Å²) in [7, 11) is 1.68. The lowest BCUT2D eigenvalue weighted by Gasteiger charge is -2.23. The highest BCUT2D eigenvalue weighted by Gasteiger charge is 2.21. The van der Waals surface area contributed by atoms with Crippen LogP contribution in [0.3, 0.4) is 0 Å². The largest absolute Gasteiger partial charge is 0.497 e. The predicted molar refractivity (Wildman–Crippen MR) is 130 cm³/mol. The third-order valence-corrected chi connectivity index (χ3v) is 6.16. The van der Waals surface area contributed by atoms with Gasteiger partial charge in [-0.15, -0.1) is 0 Å². The summed E-state index contributed by atoms with van der Waals surface area (Å²) in [5, 5.41) is 6.74. The van der Waals surface area contributed by atoms with Gasteiger partial charge in [0.15, 0.2) is 17.0 Å². The van der Waals surface area contributed by atoms with Crippen molar-refractivity contribution < 1.29 is 4.74 Å². The molecule has 0 atom stereocenters. The number of imidazole rings is 1. The van der Waals surface area contributed by atoms with Crippen LogP contribution in [0, 0.1) is 0 Å². The first-order chi connectivity index (χ1) is 16.3. The van der Waals surface area contributed by atoms with Crippen LogP contribution < -0.4 is 15.4 Å². The summed E-state index contributed by atoms with van der Waals surface area (Å²) in [6, 6.07) is 14.3. The van der Waals surface area contributed by atoms with Crippen molar-refractivity contribution in [3.05, 3.63) is 60.6 Å². The third kappa shape index (κ3) is 4.89. The molecular weight excluding hydrogens is 414 g/mol. The molecule has 0 amide bonds. The molecular formula is C25H29N7O. The number of aromatic nitrogens is 5. The van der Waals surface area contributed by atoms with Gasteiger partial charge in [0.25, 0.3) is 0 Å². The molecule has 3 aromatic heterocycles. The third-order valence-electron chi connectivity index (χ3n) is 6.16. The number of anilines is 3. The molecule has 5 rings (SSSR count). The Balaban J connectivity index is 1.41. The normalized spacial score (nSPS) is 14.3. The second kappa shape index (κ2) is 9.85. The van der Waals surface area contributed by atoms with Crippen LogP contribution >= 0.6 is 0 Å². The maximum atomic E-state index is 5.25. The highest BCUT2D eigenvalue weighted by atomic mass is 16.5. The predicted octanol–water partition coefficient (Wildman–Crippen LogP) is 5.13. The average Bonchev–Trinajstić information content (AvgIpc) is 3.30. The molecule has 33 heavy (non-hydrogen) atoms. The first-order valence-electron chi connectivity index (χ1n) is 11.6. The fourth-order valence-corrected chi connectivity index (χ4v) is 4.39. The van der Waals surface area contributed by atoms with Gasteiger partial charge in [0.05, 0.1) is 13.4 Å². The van der Waals surface area contributed by atoms with Crippen LogP contribution in [0.25, 0.3) is 11.2 Å². The summed E-state index contributed by atoms with van der Waals surface area (Å²) < 4.78 is 7.48. The summed E-state index contributed by atoms with van der Waals surface area (Å²) in [5.74, 6) is 2.83. The number of ether oxygens (including phenoxy) is 1. The smallest absolute Gasteiger partial charge is 0.232 e. The van der Waals surface area contributed by atoms with Gasteiger partial charge >= 0.3 is 0 Å². The van der Waals surface area contributed by atoms with Gasteiger partial charge in [0.2, 0.25) is 5.95 Å². The molecule has 170 valence electrons. The maximum Gasteiger partial charge on any atom is 0.232 e. The molecule has 4 aromatic rings. The lowest BCUT2D eigenvalue weighted by atomic mass is 9.95. The van der Waals surface area contributed by atoms with Crippen molar-refractivity contribution in [1.29, 1.82) is 0 Å². The summed E-state index contributed by atoms with van der Waals surface area (Å²) in [5.41, 5.74) is 2.90. The number of nitrogens with zero attached hydrogens (tertiary/aromatic N) is 5. The number of fused-ring (bicyclic) bond motifs is 1. The van der Waals surface area contributed by atoms with E-state index in [0.717, 1.165) is 35.7 Å². The zero-order chi connectivity index (χ0) is 22.5. The number of hydrogen-bond acceptors (Lipinski definition) is 7. The standard InChI is InChI=1S/C25H29N7O/c1-33-20-12-10-18(11-13-20)14-16-27-23-22-24(32(17-28-22)19-7-3-2-4-8-19)31-25(30-23)29-21-9-5-6-15-26-21/h5-6,9-13,15,17,19H,2-4,7-8,14,16H2,1H3,(H2,26,27,29,30,31). The molecule has 1 aromatic carbocycles. The van der Waals surface area contributed by atoms with Crippen LogP contribution in [0.2, 0.25) is 0 Å². The van der Waals surface area contributed by atoms with Crippen molar-refractivity contribution in [2.75, 3.05) is 24.3 Å². The van der Waals surface area contributed by atoms with E-state index in [0.29, 0.717) is 17.8 Å². The quantitative estimate of drug-likeness (QED) is 0.390. The van der Waals surface area contributed by atoms with E-state index in [2.05, 4.69) is 32.3 Å². The van der Waals surface area contributed by atoms with Gasteiger partial charge in [-0.25, -0.2) is 9.97 Å². The van der Waals surface area contributed by atoms with E-state index in [9.17, 15) is 0 Å². The fourth-order valence-electron chi connectivity index (χ4n) is 4.39. The minimum Gasteiger partial charge on any atom is -0.497 e. The van der Waals surface area contributed by atoms with Gasteiger partial charge in [-0.2, -0.15) is 9.97 Å². The van der Waals surface area contributed by atoms with Gasteiger partial charge in [0, 0.05) is 18.8 Å². The number of methoxy groups -OCH3 is 1. The SMILES string of the molecule is COc1ccc(CCNc2nc(Nc3ccccn3)nc3c2ncn3C2CCCCC2)cc1. The Morgan fingerprint density at radius 1 is 1.00 bits per heavy atom. The Morgan fingerprint density at radius 2 is 1.85 bits per heavy atom. The van der Waals surface area contributed by atoms with Crippen molar-refractivity contribution in [2.24, 2.45) is 0 Å². The fraction of sp³-hybridized carbons (Fsp3) is 0.360. The zero-order valence-electron chi connectivity index (χ0n) is 18.9. The summed E-state index contributed by atoms with van der Waals surface area (Å²) >= 11 is 0. The lowest BCUT2D eigenvalue weighted by molar-refractivity contribution is 0.358. The molecule has 1 saturated carbocycles. The molecule has 0 saturated heterocycles. The molecule has 0 radical (unpaired) electrons. The van der Waals surface area contributed by atoms with Gasteiger partial charge in [0.1, 0.15) is 11.6 Å². The Morgan fingerprint density at radius 3 is 2.61 bits per heavy atom. The van der Waals surface area contributed by atoms with Crippen LogP contribution in [0.5, 0.6) is 5.75 Å². The monoisotopic (exact) mass is 443 g/mol. The van der Waals surface area contributed by atoms with Gasteiger partial charge in [-0.05, 0) is 49.1 Å². The second-order valence-electron chi connectivity index (χ2n) is 8.38. The molecule has 1 fully saturated rings. The first kappa shape index (κ1) is 21.2. The van der Waals surface area contributed by atoms with Crippen molar-refractivity contribution in [1.82, 2.24) is 24.5 Å². The molecule has 0 unspecified atom stereocenters. The van der Waals surface area contributed by atoms with Crippen molar-refractivity contribution in [3.8, 4) is 5.75 Å². The summed E-state index contributed by atoms with van der Waals surface area (Å²) in [4.78, 5) is 18.6. The van der Waals surface area contributed by atoms with Gasteiger partial charge in [-0.3, -0.25) is 0 Å². The lowest BCUT2D eigenvalue weighted by Crippen LogP contribution is -2.13. The van der Waals surface area contributed by atoms with Crippen LogP contribution in [0.1, 0.15) is 43.7 Å². The highest BCUT2D eigenvalue weighted by Crippen LogP contribution is 2.32. The van der Waals surface area contributed by atoms with E-state index in [4.69, 9.17) is 19.7 Å². The highest BCUT2D eigenvalue weighted by molar-refractivity contribution is 5.84. The minimum absolute atomic E-state index is 0.438. The topological polar surface area (TPSA) is 89.8 Å². The number of benzene rings is 1. The number of hydrogen-bond donors (Lipinski definition) is 2. The molecule has 1 aliphatic carbocycles. The van der Waals surface area contributed by atoms with E-state index >= 15 is 0 Å². The number of nitrogens with one attached hydrogen (secondary N) is 2. The Hall–Kier alpha value is -3.68. The van der Waals surface area contributed by atoms with Crippen molar-refractivity contribution in [2.45, 2.75) is 44.6 Å². The number of pyridine rings is 1. The molecule has 1 aliphatic rings. The molecule has 0 spiro atoms. The van der Waals surface area contributed by atoms with E-state index in [1.165, 1.54) is 37.7 Å². The average molecular weight is 444 g/mol.